The fourth-order valence-corrected chi connectivity index (χ4v) is 8.60. The molecular weight excluding hydrogens is 928 g/mol. The van der Waals surface area contributed by atoms with Gasteiger partial charge in [0.25, 0.3) is 0 Å². The molecule has 0 saturated heterocycles. The van der Waals surface area contributed by atoms with Gasteiger partial charge in [-0.05, 0) is 102 Å². The predicted molar refractivity (Wildman–Crippen MR) is 271 cm³/mol. The number of nitrogens with zero attached hydrogens (tertiary/aromatic N) is 7. The first kappa shape index (κ1) is 45.6. The van der Waals surface area contributed by atoms with Crippen molar-refractivity contribution in [2.45, 2.75) is 20.8 Å². The first-order chi connectivity index (χ1) is 32.4. The second-order valence-corrected chi connectivity index (χ2v) is 16.7. The Bertz CT molecular complexity index is 3510. The van der Waals surface area contributed by atoms with Gasteiger partial charge in [-0.3, -0.25) is 0 Å². The molecule has 0 unspecified atom stereocenters. The van der Waals surface area contributed by atoms with Gasteiger partial charge in [0.15, 0.2) is 0 Å². The van der Waals surface area contributed by atoms with Crippen LogP contribution in [0.5, 0.6) is 0 Å². The molecule has 8 bridgehead atoms. The Morgan fingerprint density at radius 2 is 0.824 bits per heavy atom. The van der Waals surface area contributed by atoms with Crippen molar-refractivity contribution in [2.24, 2.45) is 0 Å². The van der Waals surface area contributed by atoms with Crippen LogP contribution in [0.1, 0.15) is 39.5 Å². The van der Waals surface area contributed by atoms with Crippen molar-refractivity contribution in [1.82, 2.24) is 34.9 Å². The maximum Gasteiger partial charge on any atom is 2.00 e. The second-order valence-electron chi connectivity index (χ2n) is 16.7. The summed E-state index contributed by atoms with van der Waals surface area (Å²) in [6, 6.07) is 60.7. The topological polar surface area (TPSA) is 84.7 Å². The Balaban J connectivity index is 0.000000777. The normalized spacial score (nSPS) is 11.4. The maximum atomic E-state index is 5.44. The van der Waals surface area contributed by atoms with E-state index in [0.717, 1.165) is 106 Å². The zero-order chi connectivity index (χ0) is 44.6. The van der Waals surface area contributed by atoms with Crippen LogP contribution >= 0.6 is 0 Å². The van der Waals surface area contributed by atoms with E-state index in [1.807, 2.05) is 65.5 Å². The first-order valence-corrected chi connectivity index (χ1v) is 22.1. The van der Waals surface area contributed by atoms with E-state index in [4.69, 9.17) is 19.9 Å². The average molecular weight is 971 g/mol. The third-order valence-corrected chi connectivity index (χ3v) is 12.1. The fraction of sp³-hybridized carbons (Fsp3) is 0.0508. The van der Waals surface area contributed by atoms with E-state index in [1.54, 1.807) is 0 Å². The molecule has 0 atom stereocenters. The zero-order valence-electron chi connectivity index (χ0n) is 37.8. The summed E-state index contributed by atoms with van der Waals surface area (Å²) in [6.45, 7) is 6.32. The fourth-order valence-electron chi connectivity index (χ4n) is 8.60. The van der Waals surface area contributed by atoms with Gasteiger partial charge in [0.05, 0.1) is 28.5 Å². The van der Waals surface area contributed by atoms with Crippen molar-refractivity contribution < 1.29 is 36.5 Å². The molecule has 0 radical (unpaired) electrons. The maximum absolute atomic E-state index is 5.44. The summed E-state index contributed by atoms with van der Waals surface area (Å²) < 4.78 is 1.81. The first-order valence-electron chi connectivity index (χ1n) is 22.1. The van der Waals surface area contributed by atoms with Gasteiger partial charge in [-0.2, -0.15) is 41.5 Å². The number of aromatic nitrogens is 7. The summed E-state index contributed by atoms with van der Waals surface area (Å²) in [5.74, 6) is 0. The molecule has 0 spiro atoms. The van der Waals surface area contributed by atoms with Crippen LogP contribution in [0.15, 0.2) is 182 Å². The van der Waals surface area contributed by atoms with Gasteiger partial charge in [0.2, 0.25) is 0 Å². The molecule has 6 heterocycles. The molecule has 2 aliphatic heterocycles. The molecular formula is C59H43FeN7Zn. The van der Waals surface area contributed by atoms with Crippen molar-refractivity contribution in [3.63, 3.8) is 0 Å². The van der Waals surface area contributed by atoms with Crippen LogP contribution in [0.4, 0.5) is 0 Å². The molecule has 0 fully saturated rings. The summed E-state index contributed by atoms with van der Waals surface area (Å²) in [5, 5.41) is 8.88. The van der Waals surface area contributed by atoms with Gasteiger partial charge in [-0.25, -0.2) is 26.8 Å². The van der Waals surface area contributed by atoms with E-state index in [2.05, 4.69) is 177 Å². The van der Waals surface area contributed by atoms with Crippen molar-refractivity contribution in [1.29, 1.82) is 0 Å². The smallest absolute Gasteiger partial charge is 0.657 e. The van der Waals surface area contributed by atoms with Crippen molar-refractivity contribution in [3.8, 4) is 61.5 Å². The van der Waals surface area contributed by atoms with Crippen LogP contribution in [-0.4, -0.2) is 25.0 Å². The minimum atomic E-state index is 0. The van der Waals surface area contributed by atoms with E-state index in [1.165, 1.54) is 16.7 Å². The van der Waals surface area contributed by atoms with E-state index in [9.17, 15) is 0 Å². The van der Waals surface area contributed by atoms with E-state index in [-0.39, 0.29) is 36.5 Å². The number of rotatable bonds is 6. The Hall–Kier alpha value is -7.54. The average Bonchev–Trinajstić information content (AvgIpc) is 4.19. The minimum absolute atomic E-state index is 0. The molecule has 12 rings (SSSR count). The summed E-state index contributed by atoms with van der Waals surface area (Å²) in [6.07, 6.45) is 10.4. The molecule has 0 N–H and O–H groups in total. The predicted octanol–water partition coefficient (Wildman–Crippen LogP) is 13.9. The minimum Gasteiger partial charge on any atom is -0.657 e. The molecule has 6 aromatic carbocycles. The molecule has 324 valence electrons. The van der Waals surface area contributed by atoms with Gasteiger partial charge in [0.1, 0.15) is 0 Å². The Kier molecular flexibility index (Phi) is 13.2. The molecule has 0 amide bonds. The van der Waals surface area contributed by atoms with Gasteiger partial charge in [0, 0.05) is 11.9 Å². The third-order valence-electron chi connectivity index (χ3n) is 12.1. The monoisotopic (exact) mass is 969 g/mol. The molecule has 0 aliphatic carbocycles. The third kappa shape index (κ3) is 9.12. The largest absolute Gasteiger partial charge is 2.00 e. The van der Waals surface area contributed by atoms with Gasteiger partial charge < -0.3 is 9.97 Å². The van der Waals surface area contributed by atoms with Crippen LogP contribution in [0.25, 0.3) is 108 Å². The number of fused-ring (bicyclic) bond motifs is 8. The van der Waals surface area contributed by atoms with Crippen molar-refractivity contribution >= 4 is 46.4 Å². The summed E-state index contributed by atoms with van der Waals surface area (Å²) in [5.41, 5.74) is 20.9. The van der Waals surface area contributed by atoms with Gasteiger partial charge >= 0.3 is 36.5 Å². The number of benzene rings is 4. The summed E-state index contributed by atoms with van der Waals surface area (Å²) in [4.78, 5) is 21.7. The molecule has 2 aliphatic rings. The van der Waals surface area contributed by atoms with Crippen molar-refractivity contribution in [2.75, 3.05) is 0 Å². The zero-order valence-corrected chi connectivity index (χ0v) is 41.9. The Morgan fingerprint density at radius 1 is 0.441 bits per heavy atom. The van der Waals surface area contributed by atoms with E-state index < -0.39 is 0 Å². The standard InChI is InChI=1S/C54H38N7.C5H5.Fe.Zn/c1-33-8-14-37(15-9-33)51-42-24-26-44(55-42)52(38-16-10-34(2)11-17-38)46-28-30-48(57-46)54(40-20-22-41(23-21-40)61-32-50(59-60-61)36-6-4-5-7-36)49-31-29-47(58-49)53(45-27-25-43(51)56-45)39-18-12-35(3)13-19-39;1-2-4-5-3-1;;/h4-32H,1-3H3;1-5H;;/q-3;-1;2*+2. The quantitative estimate of drug-likeness (QED) is 0.122. The number of hydrogen-bond donors (Lipinski definition) is 0. The van der Waals surface area contributed by atoms with Crippen LogP contribution in [0.3, 0.4) is 0 Å². The van der Waals surface area contributed by atoms with Crippen LogP contribution in [0.2, 0.25) is 0 Å². The Morgan fingerprint density at radius 3 is 1.16 bits per heavy atom. The number of hydrogen-bond acceptors (Lipinski definition) is 4. The van der Waals surface area contributed by atoms with Crippen LogP contribution in [-0.2, 0) is 36.5 Å². The van der Waals surface area contributed by atoms with E-state index >= 15 is 0 Å². The van der Waals surface area contributed by atoms with E-state index in [0.29, 0.717) is 0 Å². The molecule has 7 nitrogen and oxygen atoms in total. The Labute approximate surface area is 419 Å². The second kappa shape index (κ2) is 19.7. The van der Waals surface area contributed by atoms with Crippen molar-refractivity contribution in [3.05, 3.63) is 222 Å². The SMILES string of the molecule is Cc1ccc(-c2c3nc(c(-c4ccc(C)cc4)c4ccc([n-]4)c(-c4ccc(-n5cc(-c6ccc[cH-]6)nn5)cc4)c4nc(c(-c5ccc(C)cc5)c5ccc2[n-]5)C=C4)C=C3)cc1.[Fe+2].[Zn+2].c1cc[cH-]c1. The van der Waals surface area contributed by atoms with Gasteiger partial charge in [-0.1, -0.05) is 131 Å². The summed E-state index contributed by atoms with van der Waals surface area (Å²) in [7, 11) is 0. The van der Waals surface area contributed by atoms with Crippen LogP contribution < -0.4 is 9.97 Å². The number of aryl methyl sites for hydroxylation is 3. The van der Waals surface area contributed by atoms with Gasteiger partial charge in [-0.15, -0.1) is 33.7 Å². The summed E-state index contributed by atoms with van der Waals surface area (Å²) >= 11 is 0. The molecule has 9 heteroatoms. The molecule has 68 heavy (non-hydrogen) atoms. The molecule has 4 aromatic heterocycles. The molecule has 10 aromatic rings. The van der Waals surface area contributed by atoms with Crippen LogP contribution in [0, 0.1) is 20.8 Å². The molecule has 0 saturated carbocycles.